The minimum absolute atomic E-state index is 0. The van der Waals surface area contributed by atoms with Crippen molar-refractivity contribution in [2.45, 2.75) is 153 Å². The Balaban J connectivity index is -0.00000160. The van der Waals surface area contributed by atoms with Crippen LogP contribution in [-0.4, -0.2) is 93.9 Å². The summed E-state index contributed by atoms with van der Waals surface area (Å²) in [7, 11) is 1.00. The number of nitrogens with zero attached hydrogens (tertiary/aromatic N) is 9. The first-order chi connectivity index (χ1) is 35.1. The molecule has 76 heavy (non-hydrogen) atoms. The molecule has 7 N–H and O–H groups in total. The normalized spacial score (nSPS) is 20.8. The monoisotopic (exact) mass is 1340 g/mol. The molecule has 36 heteroatoms. The van der Waals surface area contributed by atoms with E-state index in [0.29, 0.717) is 36.3 Å². The first-order valence-corrected chi connectivity index (χ1v) is 22.7. The smallest absolute Gasteiger partial charge is 0.400 e. The van der Waals surface area contributed by atoms with E-state index in [1.807, 2.05) is 0 Å². The average Bonchev–Trinajstić information content (AvgIpc) is 3.33. The summed E-state index contributed by atoms with van der Waals surface area (Å²) in [6, 6.07) is 22.1. The number of pyridine rings is 3. The maximum absolute atomic E-state index is 8.25. The summed E-state index contributed by atoms with van der Waals surface area (Å²) in [6.07, 6.45) is 14.9. The Labute approximate surface area is 500 Å². The Morgan fingerprint density at radius 1 is 0.329 bits per heavy atom. The van der Waals surface area contributed by atoms with Crippen molar-refractivity contribution in [1.29, 1.82) is 0 Å². The van der Waals surface area contributed by atoms with Gasteiger partial charge in [-0.25, -0.2) is 0 Å². The van der Waals surface area contributed by atoms with Gasteiger partial charge in [-0.2, -0.15) is 0 Å². The predicted octanol–water partition coefficient (Wildman–Crippen LogP) is 2.93. The minimum Gasteiger partial charge on any atom is -0.400 e. The molecule has 4 aliphatic rings. The topological polar surface area (TPSA) is 528 Å². The van der Waals surface area contributed by atoms with E-state index in [9.17, 15) is 0 Å². The van der Waals surface area contributed by atoms with E-state index in [2.05, 4.69) is 86.5 Å². The van der Waals surface area contributed by atoms with Crippen LogP contribution in [0.15, 0.2) is 54.6 Å². The molecular formula is C40H61N15Nd2O19. The molecule has 0 amide bonds. The number of aliphatic hydroxyl groups is 1. The molecule has 3 saturated carbocycles. The molecule has 0 spiro atoms. The number of aliphatic hydroxyl groups excluding tert-OH is 1. The molecule has 34 nitrogen and oxygen atoms in total. The van der Waals surface area contributed by atoms with Crippen molar-refractivity contribution in [1.82, 2.24) is 46.9 Å². The van der Waals surface area contributed by atoms with E-state index in [1.165, 1.54) is 77.0 Å². The Bertz CT molecular complexity index is 1720. The van der Waals surface area contributed by atoms with Crippen LogP contribution in [0.25, 0.3) is 0 Å². The Morgan fingerprint density at radius 3 is 0.566 bits per heavy atom. The number of hydrogen-bond donors (Lipinski definition) is 7. The predicted molar refractivity (Wildman–Crippen MR) is 262 cm³/mol. The summed E-state index contributed by atoms with van der Waals surface area (Å²) in [5.41, 5.74) is 6.73. The molecule has 2 radical (unpaired) electrons. The van der Waals surface area contributed by atoms with Crippen molar-refractivity contribution in [3.63, 3.8) is 0 Å². The van der Waals surface area contributed by atoms with Crippen LogP contribution in [0.5, 0.6) is 0 Å². The van der Waals surface area contributed by atoms with Crippen molar-refractivity contribution in [3.8, 4) is 0 Å². The molecule has 1 aliphatic heterocycles. The third kappa shape index (κ3) is 41.3. The van der Waals surface area contributed by atoms with E-state index in [1.54, 1.807) is 0 Å². The maximum Gasteiger partial charge on any atom is 3.00 e. The van der Waals surface area contributed by atoms with Crippen molar-refractivity contribution in [2.24, 2.45) is 0 Å². The molecule has 4 heterocycles. The largest absolute Gasteiger partial charge is 3.00 e. The van der Waals surface area contributed by atoms with E-state index >= 15 is 0 Å². The van der Waals surface area contributed by atoms with Crippen LogP contribution in [-0.2, 0) is 39.3 Å². The van der Waals surface area contributed by atoms with Gasteiger partial charge in [0.1, 0.15) is 0 Å². The van der Waals surface area contributed by atoms with Gasteiger partial charge in [-0.15, -0.1) is 0 Å². The number of nitrogens with one attached hydrogen (secondary N) is 6. The first kappa shape index (κ1) is 75.3. The van der Waals surface area contributed by atoms with Crippen LogP contribution in [0.2, 0.25) is 0 Å². The van der Waals surface area contributed by atoms with E-state index in [4.69, 9.17) is 112 Å². The van der Waals surface area contributed by atoms with Gasteiger partial charge in [-0.3, -0.25) is 15.0 Å². The summed E-state index contributed by atoms with van der Waals surface area (Å²) in [5.74, 6) is 0. The van der Waals surface area contributed by atoms with Gasteiger partial charge in [-0.05, 0) is 74.9 Å². The fourth-order valence-electron chi connectivity index (χ4n) is 8.45. The van der Waals surface area contributed by atoms with Crippen LogP contribution in [0.3, 0.4) is 0 Å². The molecule has 6 atom stereocenters. The van der Waals surface area contributed by atoms with Crippen molar-refractivity contribution < 1.29 is 117 Å². The molecule has 0 unspecified atom stereocenters. The third-order valence-corrected chi connectivity index (χ3v) is 11.2. The van der Waals surface area contributed by atoms with E-state index in [-0.39, 0.29) is 81.7 Å². The Morgan fingerprint density at radius 2 is 0.447 bits per heavy atom. The molecule has 3 aromatic heterocycles. The summed E-state index contributed by atoms with van der Waals surface area (Å²) in [5, 5.41) is 119. The first-order valence-electron chi connectivity index (χ1n) is 22.7. The van der Waals surface area contributed by atoms with Crippen molar-refractivity contribution in [3.05, 3.63) is 181 Å². The summed E-state index contributed by atoms with van der Waals surface area (Å²) >= 11 is 0. The van der Waals surface area contributed by atoms with Crippen LogP contribution < -0.4 is 31.9 Å². The number of rotatable bonds is 0. The van der Waals surface area contributed by atoms with Gasteiger partial charge in [0.25, 0.3) is 0 Å². The van der Waals surface area contributed by atoms with Gasteiger partial charge in [-0.1, -0.05) is 56.7 Å². The quantitative estimate of drug-likeness (QED) is 0.126. The van der Waals surface area contributed by atoms with Crippen LogP contribution in [0.1, 0.15) is 111 Å². The molecule has 0 aromatic carbocycles. The van der Waals surface area contributed by atoms with Gasteiger partial charge < -0.3 is 129 Å². The maximum atomic E-state index is 8.25. The second kappa shape index (κ2) is 46.2. The standard InChI is InChI=1S/C39H57N9.CH4O.6NO3.2Nd/c1-2-17-35-34(16-1)40-22-28-10-7-12-30(46-28)24-42-36-18-3-4-19-37(36)44-26-32-14-9-15-33(48-32)27-45-39-21-6-5-20-38(39)43-25-31-13-8-11-29(47-31)23-41-35;1-2;6*2-1(3)4;;/h7-15,34-45H,1-6,16-27H2;2H,1H3;;;;;;;;/q;;6*-1;2*+3/t34-,35-,36-,37-,38+,39+;;;;;;;;;/m1........./s1. The fourth-order valence-corrected chi connectivity index (χ4v) is 8.45. The fraction of sp³-hybridized carbons (Fsp3) is 0.625. The molecule has 0 saturated heterocycles. The van der Waals surface area contributed by atoms with Crippen LogP contribution in [0, 0.1) is 174 Å². The third-order valence-electron chi connectivity index (χ3n) is 11.2. The van der Waals surface area contributed by atoms with E-state index in [0.717, 1.165) is 80.5 Å². The molecular weight excluding hydrogens is 1280 g/mol. The van der Waals surface area contributed by atoms with E-state index < -0.39 is 30.5 Å². The van der Waals surface area contributed by atoms with Gasteiger partial charge in [0, 0.05) is 82.6 Å². The van der Waals surface area contributed by atoms with Gasteiger partial charge in [0.2, 0.25) is 0 Å². The molecule has 6 bridgehead atoms. The van der Waals surface area contributed by atoms with Crippen molar-refractivity contribution in [2.75, 3.05) is 7.11 Å². The van der Waals surface area contributed by atoms with Gasteiger partial charge in [0.15, 0.2) is 0 Å². The molecule has 3 aromatic rings. The summed E-state index contributed by atoms with van der Waals surface area (Å²) in [4.78, 5) is 64.7. The molecule has 3 aliphatic carbocycles. The second-order valence-corrected chi connectivity index (χ2v) is 16.0. The number of hydrogen-bond acceptors (Lipinski definition) is 28. The van der Waals surface area contributed by atoms with Gasteiger partial charge in [0.05, 0.1) is 64.7 Å². The summed E-state index contributed by atoms with van der Waals surface area (Å²) in [6.45, 7) is 4.79. The Kier molecular flexibility index (Phi) is 45.8. The van der Waals surface area contributed by atoms with Crippen molar-refractivity contribution >= 4 is 0 Å². The number of fused-ring (bicyclic) bond motifs is 9. The summed E-state index contributed by atoms with van der Waals surface area (Å²) < 4.78 is 0. The zero-order chi connectivity index (χ0) is 55.8. The second-order valence-electron chi connectivity index (χ2n) is 16.0. The number of aromatic nitrogens is 3. The zero-order valence-electron chi connectivity index (χ0n) is 41.2. The Hall–Kier alpha value is -4.93. The SMILES string of the molecule is CO.O=[N+]([O-])[O-].O=[N+]([O-])[O-].O=[N+]([O-])[O-].O=[N+]([O-])[O-].O=[N+]([O-])[O-].O=[N+]([O-])[O-].[Nd+3].[Nd+3].c1cc2nc(c1)CN[C@@H]1CCCC[C@H]1NCc1cccc(n1)CN[C@@H]1CCCC[C@H]1NCc1cccc(n1)CN[C@H]1CCCC[C@@H]1NC2. The van der Waals surface area contributed by atoms with Gasteiger partial charge >= 0.3 is 81.7 Å². The minimum atomic E-state index is -1.75. The molecule has 418 valence electrons. The molecule has 3 fully saturated rings. The van der Waals surface area contributed by atoms with Crippen LogP contribution in [0.4, 0.5) is 0 Å². The molecule has 7 rings (SSSR count). The van der Waals surface area contributed by atoms with Crippen LogP contribution >= 0.6 is 0 Å². The zero-order valence-corrected chi connectivity index (χ0v) is 47.6. The average molecular weight is 1340 g/mol.